The van der Waals surface area contributed by atoms with Crippen LogP contribution in [0.1, 0.15) is 16.7 Å². The number of ether oxygens (including phenoxy) is 1. The van der Waals surface area contributed by atoms with Gasteiger partial charge in [-0.15, -0.1) is 0 Å². The van der Waals surface area contributed by atoms with E-state index in [1.165, 1.54) is 16.7 Å². The standard InChI is InChI=1S/C17H21NO/c1-14-6-8-16(9-7-14)13-18-11-10-15-4-3-5-17(12-15)19-2/h3-9,12,18H,10-11,13H2,1-2H3/p+1. The number of benzene rings is 2. The van der Waals surface area contributed by atoms with E-state index in [1.807, 2.05) is 12.1 Å². The van der Waals surface area contributed by atoms with Gasteiger partial charge in [0.15, 0.2) is 0 Å². The highest BCUT2D eigenvalue weighted by Gasteiger charge is 1.99. The van der Waals surface area contributed by atoms with Crippen LogP contribution in [-0.2, 0) is 13.0 Å². The second kappa shape index (κ2) is 6.95. The molecule has 0 amide bonds. The molecule has 100 valence electrons. The van der Waals surface area contributed by atoms with E-state index in [-0.39, 0.29) is 0 Å². The van der Waals surface area contributed by atoms with E-state index in [4.69, 9.17) is 4.74 Å². The van der Waals surface area contributed by atoms with Crippen molar-refractivity contribution in [2.24, 2.45) is 0 Å². The monoisotopic (exact) mass is 256 g/mol. The molecule has 0 aromatic heterocycles. The third kappa shape index (κ3) is 4.42. The molecule has 0 radical (unpaired) electrons. The van der Waals surface area contributed by atoms with Crippen LogP contribution in [0.5, 0.6) is 5.75 Å². The maximum absolute atomic E-state index is 5.23. The molecule has 0 fully saturated rings. The highest BCUT2D eigenvalue weighted by Crippen LogP contribution is 2.12. The first-order valence-corrected chi connectivity index (χ1v) is 6.78. The lowest BCUT2D eigenvalue weighted by atomic mass is 10.1. The van der Waals surface area contributed by atoms with Crippen LogP contribution in [0, 0.1) is 6.92 Å². The molecule has 2 nitrogen and oxygen atoms in total. The maximum Gasteiger partial charge on any atom is 0.119 e. The topological polar surface area (TPSA) is 25.8 Å². The Morgan fingerprint density at radius 1 is 1.00 bits per heavy atom. The van der Waals surface area contributed by atoms with Crippen LogP contribution >= 0.6 is 0 Å². The zero-order valence-electron chi connectivity index (χ0n) is 11.7. The minimum Gasteiger partial charge on any atom is -0.497 e. The van der Waals surface area contributed by atoms with E-state index < -0.39 is 0 Å². The summed E-state index contributed by atoms with van der Waals surface area (Å²) in [4.78, 5) is 0. The van der Waals surface area contributed by atoms with Crippen molar-refractivity contribution >= 4 is 0 Å². The molecule has 19 heavy (non-hydrogen) atoms. The van der Waals surface area contributed by atoms with Gasteiger partial charge in [-0.3, -0.25) is 0 Å². The fourth-order valence-corrected chi connectivity index (χ4v) is 2.09. The number of aryl methyl sites for hydroxylation is 1. The summed E-state index contributed by atoms with van der Waals surface area (Å²) in [5.74, 6) is 0.941. The molecule has 2 aromatic carbocycles. The fourth-order valence-electron chi connectivity index (χ4n) is 2.09. The minimum atomic E-state index is 0.941. The van der Waals surface area contributed by atoms with Crippen LogP contribution in [-0.4, -0.2) is 13.7 Å². The molecule has 0 aliphatic heterocycles. The predicted octanol–water partition coefficient (Wildman–Crippen LogP) is 2.31. The lowest BCUT2D eigenvalue weighted by molar-refractivity contribution is -0.670. The van der Waals surface area contributed by atoms with E-state index >= 15 is 0 Å². The van der Waals surface area contributed by atoms with Crippen molar-refractivity contribution in [3.8, 4) is 5.75 Å². The first kappa shape index (κ1) is 13.6. The predicted molar refractivity (Wildman–Crippen MR) is 78.4 cm³/mol. The molecule has 0 bridgehead atoms. The third-order valence-corrected chi connectivity index (χ3v) is 3.27. The normalized spacial score (nSPS) is 10.4. The molecule has 0 atom stereocenters. The van der Waals surface area contributed by atoms with Crippen LogP contribution in [0.4, 0.5) is 0 Å². The van der Waals surface area contributed by atoms with Gasteiger partial charge in [-0.1, -0.05) is 42.0 Å². The summed E-state index contributed by atoms with van der Waals surface area (Å²) in [6.07, 6.45) is 1.07. The highest BCUT2D eigenvalue weighted by atomic mass is 16.5. The Labute approximate surface area is 115 Å². The first-order chi connectivity index (χ1) is 9.28. The second-order valence-corrected chi connectivity index (χ2v) is 4.87. The average molecular weight is 256 g/mol. The summed E-state index contributed by atoms with van der Waals surface area (Å²) in [5, 5.41) is 2.35. The molecule has 0 heterocycles. The zero-order chi connectivity index (χ0) is 13.5. The summed E-state index contributed by atoms with van der Waals surface area (Å²) in [7, 11) is 1.71. The van der Waals surface area contributed by atoms with Gasteiger partial charge in [0.1, 0.15) is 12.3 Å². The van der Waals surface area contributed by atoms with Gasteiger partial charge in [0.25, 0.3) is 0 Å². The van der Waals surface area contributed by atoms with Crippen molar-refractivity contribution in [2.75, 3.05) is 13.7 Å². The molecule has 0 saturated heterocycles. The van der Waals surface area contributed by atoms with E-state index in [2.05, 4.69) is 48.6 Å². The lowest BCUT2D eigenvalue weighted by Gasteiger charge is -2.05. The van der Waals surface area contributed by atoms with Crippen LogP contribution in [0.3, 0.4) is 0 Å². The Morgan fingerprint density at radius 3 is 2.53 bits per heavy atom. The van der Waals surface area contributed by atoms with Gasteiger partial charge in [0, 0.05) is 12.0 Å². The van der Waals surface area contributed by atoms with Gasteiger partial charge in [0.2, 0.25) is 0 Å². The number of nitrogens with two attached hydrogens (primary N) is 1. The van der Waals surface area contributed by atoms with E-state index in [0.717, 1.165) is 25.3 Å². The smallest absolute Gasteiger partial charge is 0.119 e. The van der Waals surface area contributed by atoms with Gasteiger partial charge in [-0.25, -0.2) is 0 Å². The van der Waals surface area contributed by atoms with E-state index in [1.54, 1.807) is 7.11 Å². The van der Waals surface area contributed by atoms with Crippen molar-refractivity contribution in [2.45, 2.75) is 19.9 Å². The van der Waals surface area contributed by atoms with Gasteiger partial charge in [0.05, 0.1) is 13.7 Å². The van der Waals surface area contributed by atoms with Gasteiger partial charge < -0.3 is 10.1 Å². The molecule has 0 unspecified atom stereocenters. The summed E-state index contributed by atoms with van der Waals surface area (Å²) in [6, 6.07) is 17.1. The Hall–Kier alpha value is -1.80. The molecular weight excluding hydrogens is 234 g/mol. The van der Waals surface area contributed by atoms with Crippen molar-refractivity contribution in [1.82, 2.24) is 0 Å². The number of rotatable bonds is 6. The number of hydrogen-bond donors (Lipinski definition) is 1. The Balaban J connectivity index is 1.75. The molecule has 2 aromatic rings. The van der Waals surface area contributed by atoms with E-state index in [0.29, 0.717) is 0 Å². The molecule has 2 heteroatoms. The second-order valence-electron chi connectivity index (χ2n) is 4.87. The lowest BCUT2D eigenvalue weighted by Crippen LogP contribution is -2.83. The number of methoxy groups -OCH3 is 1. The summed E-state index contributed by atoms with van der Waals surface area (Å²) >= 11 is 0. The Morgan fingerprint density at radius 2 is 1.79 bits per heavy atom. The van der Waals surface area contributed by atoms with Crippen molar-refractivity contribution < 1.29 is 10.1 Å². The largest absolute Gasteiger partial charge is 0.497 e. The van der Waals surface area contributed by atoms with Crippen molar-refractivity contribution in [1.29, 1.82) is 0 Å². The molecule has 0 spiro atoms. The SMILES string of the molecule is COc1cccc(CC[NH2+]Cc2ccc(C)cc2)c1. The van der Waals surface area contributed by atoms with Gasteiger partial charge in [-0.2, -0.15) is 0 Å². The minimum absolute atomic E-state index is 0.941. The quantitative estimate of drug-likeness (QED) is 0.789. The molecular formula is C17H22NO+. The van der Waals surface area contributed by atoms with Crippen LogP contribution in [0.2, 0.25) is 0 Å². The van der Waals surface area contributed by atoms with Crippen LogP contribution < -0.4 is 10.1 Å². The van der Waals surface area contributed by atoms with Gasteiger partial charge in [-0.05, 0) is 24.6 Å². The van der Waals surface area contributed by atoms with Crippen LogP contribution in [0.15, 0.2) is 48.5 Å². The molecule has 0 aliphatic carbocycles. The molecule has 0 saturated carbocycles. The number of quaternary nitrogens is 1. The fraction of sp³-hybridized carbons (Fsp3) is 0.294. The summed E-state index contributed by atoms with van der Waals surface area (Å²) in [6.45, 7) is 4.27. The Bertz CT molecular complexity index is 505. The zero-order valence-corrected chi connectivity index (χ0v) is 11.7. The van der Waals surface area contributed by atoms with E-state index in [9.17, 15) is 0 Å². The van der Waals surface area contributed by atoms with Crippen LogP contribution in [0.25, 0.3) is 0 Å². The van der Waals surface area contributed by atoms with Gasteiger partial charge >= 0.3 is 0 Å². The number of hydrogen-bond acceptors (Lipinski definition) is 1. The third-order valence-electron chi connectivity index (χ3n) is 3.27. The maximum atomic E-state index is 5.23. The average Bonchev–Trinajstić information content (AvgIpc) is 2.46. The van der Waals surface area contributed by atoms with Crippen molar-refractivity contribution in [3.63, 3.8) is 0 Å². The summed E-state index contributed by atoms with van der Waals surface area (Å²) in [5.41, 5.74) is 4.04. The molecule has 0 aliphatic rings. The molecule has 2 rings (SSSR count). The highest BCUT2D eigenvalue weighted by molar-refractivity contribution is 5.28. The first-order valence-electron chi connectivity index (χ1n) is 6.78. The molecule has 2 N–H and O–H groups in total. The Kier molecular flexibility index (Phi) is 4.99. The van der Waals surface area contributed by atoms with Crippen molar-refractivity contribution in [3.05, 3.63) is 65.2 Å². The summed E-state index contributed by atoms with van der Waals surface area (Å²) < 4.78 is 5.23.